The number of fused-ring (bicyclic) bond motifs is 1. The van der Waals surface area contributed by atoms with E-state index < -0.39 is 0 Å². The number of H-pyrrole nitrogens is 1. The molecule has 0 saturated carbocycles. The summed E-state index contributed by atoms with van der Waals surface area (Å²) >= 11 is 0. The summed E-state index contributed by atoms with van der Waals surface area (Å²) in [5.41, 5.74) is 1.88. The molecule has 0 atom stereocenters. The van der Waals surface area contributed by atoms with Crippen LogP contribution in [0.1, 0.15) is 31.1 Å². The molecule has 1 heterocycles. The second-order valence-electron chi connectivity index (χ2n) is 5.49. The maximum absolute atomic E-state index is 11.2. The molecule has 0 amide bonds. The maximum atomic E-state index is 11.2. The second-order valence-corrected chi connectivity index (χ2v) is 5.49. The number of benzene rings is 1. The van der Waals surface area contributed by atoms with Crippen LogP contribution in [0.5, 0.6) is 0 Å². The SMILES string of the molecule is CC(C)(C)CNc1[nH]c2ccccc2c1C=O. The molecule has 1 aromatic heterocycles. The predicted molar refractivity (Wildman–Crippen MR) is 71.6 cm³/mol. The van der Waals surface area contributed by atoms with Crippen LogP contribution in [0.3, 0.4) is 0 Å². The van der Waals surface area contributed by atoms with Gasteiger partial charge in [-0.2, -0.15) is 0 Å². The number of carbonyl (C=O) groups is 1. The maximum Gasteiger partial charge on any atom is 0.154 e. The first kappa shape index (κ1) is 11.7. The van der Waals surface area contributed by atoms with Crippen molar-refractivity contribution in [2.45, 2.75) is 20.8 Å². The fraction of sp³-hybridized carbons (Fsp3) is 0.357. The summed E-state index contributed by atoms with van der Waals surface area (Å²) in [6, 6.07) is 7.83. The van der Waals surface area contributed by atoms with Crippen LogP contribution in [-0.4, -0.2) is 17.8 Å². The van der Waals surface area contributed by atoms with Gasteiger partial charge in [-0.05, 0) is 11.5 Å². The van der Waals surface area contributed by atoms with E-state index in [0.717, 1.165) is 29.6 Å². The van der Waals surface area contributed by atoms with Crippen LogP contribution in [0, 0.1) is 5.41 Å². The van der Waals surface area contributed by atoms with E-state index in [2.05, 4.69) is 31.1 Å². The van der Waals surface area contributed by atoms with Crippen molar-refractivity contribution in [2.24, 2.45) is 5.41 Å². The molecule has 0 spiro atoms. The summed E-state index contributed by atoms with van der Waals surface area (Å²) in [7, 11) is 0. The third-order valence-electron chi connectivity index (χ3n) is 2.66. The van der Waals surface area contributed by atoms with E-state index in [1.165, 1.54) is 0 Å². The number of aldehydes is 1. The molecule has 1 aromatic carbocycles. The molecule has 0 aliphatic heterocycles. The highest BCUT2D eigenvalue weighted by molar-refractivity contribution is 6.03. The number of para-hydroxylation sites is 1. The molecular formula is C14H18N2O. The van der Waals surface area contributed by atoms with Crippen molar-refractivity contribution in [2.75, 3.05) is 11.9 Å². The first-order valence-electron chi connectivity index (χ1n) is 5.81. The summed E-state index contributed by atoms with van der Waals surface area (Å²) in [6.07, 6.45) is 0.907. The van der Waals surface area contributed by atoms with Gasteiger partial charge in [-0.25, -0.2) is 0 Å². The van der Waals surface area contributed by atoms with Gasteiger partial charge < -0.3 is 10.3 Å². The Morgan fingerprint density at radius 3 is 2.65 bits per heavy atom. The Labute approximate surface area is 101 Å². The summed E-state index contributed by atoms with van der Waals surface area (Å²) < 4.78 is 0. The lowest BCUT2D eigenvalue weighted by molar-refractivity contribution is 0.112. The predicted octanol–water partition coefficient (Wildman–Crippen LogP) is 3.44. The van der Waals surface area contributed by atoms with Gasteiger partial charge in [0, 0.05) is 17.4 Å². The van der Waals surface area contributed by atoms with Gasteiger partial charge in [0.05, 0.1) is 5.56 Å². The van der Waals surface area contributed by atoms with Crippen molar-refractivity contribution in [3.63, 3.8) is 0 Å². The smallest absolute Gasteiger partial charge is 0.154 e. The Bertz CT molecular complexity index is 535. The molecule has 0 fully saturated rings. The normalized spacial score (nSPS) is 11.7. The van der Waals surface area contributed by atoms with E-state index in [-0.39, 0.29) is 5.41 Å². The van der Waals surface area contributed by atoms with Gasteiger partial charge in [-0.1, -0.05) is 39.0 Å². The summed E-state index contributed by atoms with van der Waals surface area (Å²) in [5.74, 6) is 0.816. The Morgan fingerprint density at radius 2 is 2.00 bits per heavy atom. The monoisotopic (exact) mass is 230 g/mol. The van der Waals surface area contributed by atoms with Crippen molar-refractivity contribution in [1.82, 2.24) is 4.98 Å². The van der Waals surface area contributed by atoms with E-state index in [1.807, 2.05) is 24.3 Å². The van der Waals surface area contributed by atoms with Gasteiger partial charge in [0.2, 0.25) is 0 Å². The Morgan fingerprint density at radius 1 is 1.29 bits per heavy atom. The summed E-state index contributed by atoms with van der Waals surface area (Å²) in [5, 5.41) is 4.28. The molecule has 17 heavy (non-hydrogen) atoms. The third-order valence-corrected chi connectivity index (χ3v) is 2.66. The van der Waals surface area contributed by atoms with Gasteiger partial charge in [-0.15, -0.1) is 0 Å². The van der Waals surface area contributed by atoms with Crippen LogP contribution in [0.2, 0.25) is 0 Å². The molecule has 3 nitrogen and oxygen atoms in total. The lowest BCUT2D eigenvalue weighted by Gasteiger charge is -2.19. The highest BCUT2D eigenvalue weighted by Gasteiger charge is 2.14. The average molecular weight is 230 g/mol. The number of aromatic nitrogens is 1. The molecule has 0 aliphatic carbocycles. The first-order chi connectivity index (χ1) is 8.01. The van der Waals surface area contributed by atoms with Crippen LogP contribution in [-0.2, 0) is 0 Å². The fourth-order valence-corrected chi connectivity index (χ4v) is 1.78. The van der Waals surface area contributed by atoms with Crippen molar-refractivity contribution in [1.29, 1.82) is 0 Å². The van der Waals surface area contributed by atoms with Gasteiger partial charge in [0.15, 0.2) is 6.29 Å². The quantitative estimate of drug-likeness (QED) is 0.793. The topological polar surface area (TPSA) is 44.9 Å². The minimum atomic E-state index is 0.178. The van der Waals surface area contributed by atoms with Crippen LogP contribution in [0.4, 0.5) is 5.82 Å². The average Bonchev–Trinajstić information content (AvgIpc) is 2.63. The molecule has 2 rings (SSSR count). The van der Waals surface area contributed by atoms with E-state index in [0.29, 0.717) is 5.56 Å². The lowest BCUT2D eigenvalue weighted by atomic mass is 9.97. The number of carbonyl (C=O) groups excluding carboxylic acids is 1. The Hall–Kier alpha value is -1.77. The zero-order valence-corrected chi connectivity index (χ0v) is 10.5. The van der Waals surface area contributed by atoms with Crippen LogP contribution in [0.15, 0.2) is 24.3 Å². The molecule has 0 saturated heterocycles. The van der Waals surface area contributed by atoms with Gasteiger partial charge in [0.25, 0.3) is 0 Å². The number of anilines is 1. The zero-order chi connectivity index (χ0) is 12.5. The number of aromatic amines is 1. The Balaban J connectivity index is 2.37. The molecule has 2 N–H and O–H groups in total. The second kappa shape index (κ2) is 4.24. The van der Waals surface area contributed by atoms with Crippen LogP contribution in [0.25, 0.3) is 10.9 Å². The van der Waals surface area contributed by atoms with E-state index in [1.54, 1.807) is 0 Å². The molecule has 90 valence electrons. The molecular weight excluding hydrogens is 212 g/mol. The van der Waals surface area contributed by atoms with Gasteiger partial charge >= 0.3 is 0 Å². The standard InChI is InChI=1S/C14H18N2O/c1-14(2,3)9-15-13-11(8-17)10-6-4-5-7-12(10)16-13/h4-8,15-16H,9H2,1-3H3. The zero-order valence-electron chi connectivity index (χ0n) is 10.5. The van der Waals surface area contributed by atoms with Crippen molar-refractivity contribution < 1.29 is 4.79 Å². The lowest BCUT2D eigenvalue weighted by Crippen LogP contribution is -2.19. The number of hydrogen-bond acceptors (Lipinski definition) is 2. The third kappa shape index (κ3) is 2.49. The van der Waals surface area contributed by atoms with E-state index >= 15 is 0 Å². The van der Waals surface area contributed by atoms with Crippen LogP contribution >= 0.6 is 0 Å². The highest BCUT2D eigenvalue weighted by Crippen LogP contribution is 2.25. The van der Waals surface area contributed by atoms with E-state index in [4.69, 9.17) is 0 Å². The molecule has 3 heteroatoms. The number of rotatable bonds is 3. The number of hydrogen-bond donors (Lipinski definition) is 2. The van der Waals surface area contributed by atoms with Crippen molar-refractivity contribution in [3.8, 4) is 0 Å². The molecule has 0 unspecified atom stereocenters. The van der Waals surface area contributed by atoms with Gasteiger partial charge in [0.1, 0.15) is 5.82 Å². The molecule has 0 aliphatic rings. The molecule has 0 bridgehead atoms. The van der Waals surface area contributed by atoms with Crippen molar-refractivity contribution in [3.05, 3.63) is 29.8 Å². The fourth-order valence-electron chi connectivity index (χ4n) is 1.78. The largest absolute Gasteiger partial charge is 0.370 e. The first-order valence-corrected chi connectivity index (χ1v) is 5.81. The Kier molecular flexibility index (Phi) is 2.92. The van der Waals surface area contributed by atoms with Crippen molar-refractivity contribution >= 4 is 23.0 Å². The minimum absolute atomic E-state index is 0.178. The summed E-state index contributed by atoms with van der Waals surface area (Å²) in [6.45, 7) is 7.29. The van der Waals surface area contributed by atoms with Crippen LogP contribution < -0.4 is 5.32 Å². The molecule has 0 radical (unpaired) electrons. The number of nitrogens with one attached hydrogen (secondary N) is 2. The minimum Gasteiger partial charge on any atom is -0.370 e. The highest BCUT2D eigenvalue weighted by atomic mass is 16.1. The molecule has 2 aromatic rings. The van der Waals surface area contributed by atoms with E-state index in [9.17, 15) is 4.79 Å². The summed E-state index contributed by atoms with van der Waals surface area (Å²) in [4.78, 5) is 14.4. The van der Waals surface area contributed by atoms with Gasteiger partial charge in [-0.3, -0.25) is 4.79 Å².